The summed E-state index contributed by atoms with van der Waals surface area (Å²) in [6, 6.07) is 9.75. The van der Waals surface area contributed by atoms with Crippen LogP contribution in [-0.4, -0.2) is 38.1 Å². The fraction of sp³-hybridized carbons (Fsp3) is 0.348. The van der Waals surface area contributed by atoms with Gasteiger partial charge in [0.05, 0.1) is 13.7 Å². The third-order valence-electron chi connectivity index (χ3n) is 4.47. The average molecular weight is 461 g/mol. The fourth-order valence-electron chi connectivity index (χ4n) is 2.58. The van der Waals surface area contributed by atoms with Crippen molar-refractivity contribution in [3.05, 3.63) is 59.4 Å². The number of nitrogens with one attached hydrogen (secondary N) is 4. The Morgan fingerprint density at radius 1 is 0.970 bits per heavy atom. The highest BCUT2D eigenvalue weighted by Gasteiger charge is 2.13. The van der Waals surface area contributed by atoms with E-state index in [-0.39, 0.29) is 24.5 Å². The molecule has 9 nitrogen and oxygen atoms in total. The largest absolute Gasteiger partial charge is 0.493 e. The summed E-state index contributed by atoms with van der Waals surface area (Å²) in [7, 11) is 1.47. The summed E-state index contributed by atoms with van der Waals surface area (Å²) in [5.41, 5.74) is 5.45. The molecule has 0 heterocycles. The van der Waals surface area contributed by atoms with Crippen molar-refractivity contribution in [2.75, 3.05) is 20.3 Å². The van der Waals surface area contributed by atoms with E-state index in [1.807, 2.05) is 0 Å². The Bertz CT molecular complexity index is 950. The van der Waals surface area contributed by atoms with Crippen LogP contribution in [0, 0.1) is 11.7 Å². The number of carbonyl (C=O) groups excluding carboxylic acids is 3. The van der Waals surface area contributed by atoms with Crippen molar-refractivity contribution in [3.63, 3.8) is 0 Å². The Morgan fingerprint density at radius 2 is 1.70 bits per heavy atom. The number of ether oxygens (including phenoxy) is 2. The molecule has 0 atom stereocenters. The Morgan fingerprint density at radius 3 is 2.36 bits per heavy atom. The second kappa shape index (κ2) is 12.9. The van der Waals surface area contributed by atoms with Gasteiger partial charge < -0.3 is 20.1 Å². The van der Waals surface area contributed by atoms with Crippen LogP contribution in [0.15, 0.2) is 42.5 Å². The standard InChI is InChI=1S/C23H29FN4O5/c1-15(2)10-11-33-19-9-6-17(12-20(19)32-3)22(30)28-27-21(29)14-26-23(31)25-13-16-4-7-18(24)8-5-16/h4-9,12,15H,10-11,13-14H2,1-3H3,(H,27,29)(H,28,30)(H2,25,26,31). The van der Waals surface area contributed by atoms with Crippen LogP contribution in [-0.2, 0) is 11.3 Å². The molecule has 0 aromatic heterocycles. The summed E-state index contributed by atoms with van der Waals surface area (Å²) in [4.78, 5) is 36.0. The van der Waals surface area contributed by atoms with E-state index in [0.29, 0.717) is 29.6 Å². The first-order valence-electron chi connectivity index (χ1n) is 10.4. The van der Waals surface area contributed by atoms with Gasteiger partial charge in [-0.1, -0.05) is 26.0 Å². The molecule has 0 bridgehead atoms. The number of hydrogen-bond acceptors (Lipinski definition) is 5. The lowest BCUT2D eigenvalue weighted by Gasteiger charge is -2.13. The third-order valence-corrected chi connectivity index (χ3v) is 4.47. The van der Waals surface area contributed by atoms with E-state index in [2.05, 4.69) is 35.3 Å². The Kier molecular flexibility index (Phi) is 9.94. The average Bonchev–Trinajstić information content (AvgIpc) is 2.80. The zero-order chi connectivity index (χ0) is 24.2. The van der Waals surface area contributed by atoms with Crippen molar-refractivity contribution in [2.24, 2.45) is 5.92 Å². The summed E-state index contributed by atoms with van der Waals surface area (Å²) in [5, 5.41) is 4.89. The smallest absolute Gasteiger partial charge is 0.315 e. The van der Waals surface area contributed by atoms with Crippen molar-refractivity contribution in [1.29, 1.82) is 0 Å². The molecular weight excluding hydrogens is 431 g/mol. The summed E-state index contributed by atoms with van der Waals surface area (Å²) < 4.78 is 23.8. The zero-order valence-electron chi connectivity index (χ0n) is 18.9. The van der Waals surface area contributed by atoms with Gasteiger partial charge in [-0.05, 0) is 48.2 Å². The molecule has 0 saturated heterocycles. The molecule has 0 saturated carbocycles. The second-order valence-corrected chi connectivity index (χ2v) is 7.56. The second-order valence-electron chi connectivity index (χ2n) is 7.56. The van der Waals surface area contributed by atoms with Crippen molar-refractivity contribution >= 4 is 17.8 Å². The van der Waals surface area contributed by atoms with Crippen LogP contribution < -0.4 is 31.0 Å². The summed E-state index contributed by atoms with van der Waals surface area (Å²) >= 11 is 0. The minimum absolute atomic E-state index is 0.170. The van der Waals surface area contributed by atoms with Crippen LogP contribution in [0.3, 0.4) is 0 Å². The molecule has 33 heavy (non-hydrogen) atoms. The Hall–Kier alpha value is -3.82. The van der Waals surface area contributed by atoms with E-state index < -0.39 is 17.8 Å². The van der Waals surface area contributed by atoms with Crippen molar-refractivity contribution in [1.82, 2.24) is 21.5 Å². The molecule has 2 rings (SSSR count). The summed E-state index contributed by atoms with van der Waals surface area (Å²) in [5.74, 6) is -0.129. The number of urea groups is 1. The molecule has 2 aromatic carbocycles. The van der Waals surface area contributed by atoms with Gasteiger partial charge in [-0.15, -0.1) is 0 Å². The van der Waals surface area contributed by atoms with Gasteiger partial charge in [0, 0.05) is 12.1 Å². The number of rotatable bonds is 10. The van der Waals surface area contributed by atoms with E-state index in [1.165, 1.54) is 37.4 Å². The lowest BCUT2D eigenvalue weighted by atomic mass is 10.1. The van der Waals surface area contributed by atoms with Gasteiger partial charge in [0.25, 0.3) is 11.8 Å². The van der Waals surface area contributed by atoms with Crippen LogP contribution in [0.4, 0.5) is 9.18 Å². The maximum Gasteiger partial charge on any atom is 0.315 e. The van der Waals surface area contributed by atoms with Crippen LogP contribution in [0.5, 0.6) is 11.5 Å². The van der Waals surface area contributed by atoms with Gasteiger partial charge in [0.15, 0.2) is 11.5 Å². The highest BCUT2D eigenvalue weighted by Crippen LogP contribution is 2.28. The lowest BCUT2D eigenvalue weighted by molar-refractivity contribution is -0.120. The van der Waals surface area contributed by atoms with Gasteiger partial charge in [0.1, 0.15) is 12.4 Å². The van der Waals surface area contributed by atoms with Crippen LogP contribution in [0.2, 0.25) is 0 Å². The molecule has 4 amide bonds. The first-order valence-corrected chi connectivity index (χ1v) is 10.4. The van der Waals surface area contributed by atoms with Gasteiger partial charge in [0.2, 0.25) is 0 Å². The monoisotopic (exact) mass is 460 g/mol. The highest BCUT2D eigenvalue weighted by atomic mass is 19.1. The Labute approximate surface area is 192 Å². The van der Waals surface area contributed by atoms with Gasteiger partial charge in [-0.2, -0.15) is 0 Å². The lowest BCUT2D eigenvalue weighted by Crippen LogP contribution is -2.47. The molecule has 178 valence electrons. The molecule has 4 N–H and O–H groups in total. The van der Waals surface area contributed by atoms with E-state index in [1.54, 1.807) is 12.1 Å². The molecule has 0 unspecified atom stereocenters. The number of hydrogen-bond donors (Lipinski definition) is 4. The first-order chi connectivity index (χ1) is 15.8. The Balaban J connectivity index is 1.74. The minimum Gasteiger partial charge on any atom is -0.493 e. The minimum atomic E-state index is -0.624. The van der Waals surface area contributed by atoms with Gasteiger partial charge >= 0.3 is 6.03 Å². The molecule has 0 aliphatic carbocycles. The molecule has 0 radical (unpaired) electrons. The molecule has 0 spiro atoms. The van der Waals surface area contributed by atoms with Crippen molar-refractivity contribution < 1.29 is 28.2 Å². The predicted octanol–water partition coefficient (Wildman–Crippen LogP) is 2.52. The molecule has 0 aliphatic rings. The topological polar surface area (TPSA) is 118 Å². The zero-order valence-corrected chi connectivity index (χ0v) is 18.9. The van der Waals surface area contributed by atoms with Gasteiger partial charge in [-0.25, -0.2) is 9.18 Å². The van der Waals surface area contributed by atoms with E-state index in [4.69, 9.17) is 9.47 Å². The summed E-state index contributed by atoms with van der Waals surface area (Å²) in [6.07, 6.45) is 0.885. The van der Waals surface area contributed by atoms with E-state index in [0.717, 1.165) is 6.42 Å². The molecular formula is C23H29FN4O5. The molecule has 0 aliphatic heterocycles. The fourth-order valence-corrected chi connectivity index (χ4v) is 2.58. The quantitative estimate of drug-likeness (QED) is 0.407. The predicted molar refractivity (Wildman–Crippen MR) is 120 cm³/mol. The normalized spacial score (nSPS) is 10.3. The number of methoxy groups -OCH3 is 1. The van der Waals surface area contributed by atoms with Crippen LogP contribution in [0.1, 0.15) is 36.2 Å². The van der Waals surface area contributed by atoms with Crippen molar-refractivity contribution in [2.45, 2.75) is 26.8 Å². The van der Waals surface area contributed by atoms with Crippen LogP contribution in [0.25, 0.3) is 0 Å². The number of carbonyl (C=O) groups is 3. The highest BCUT2D eigenvalue weighted by molar-refractivity contribution is 5.96. The van der Waals surface area contributed by atoms with Crippen LogP contribution >= 0.6 is 0 Å². The van der Waals surface area contributed by atoms with E-state index >= 15 is 0 Å². The van der Waals surface area contributed by atoms with E-state index in [9.17, 15) is 18.8 Å². The number of benzene rings is 2. The first kappa shape index (κ1) is 25.4. The molecule has 0 fully saturated rings. The maximum atomic E-state index is 12.9. The number of halogens is 1. The SMILES string of the molecule is COc1cc(C(=O)NNC(=O)CNC(=O)NCc2ccc(F)cc2)ccc1OCCC(C)C. The van der Waals surface area contributed by atoms with Crippen molar-refractivity contribution in [3.8, 4) is 11.5 Å². The summed E-state index contributed by atoms with van der Waals surface area (Å²) in [6.45, 7) is 4.53. The third kappa shape index (κ3) is 9.06. The number of hydrazine groups is 1. The molecule has 10 heteroatoms. The number of amides is 4. The van der Waals surface area contributed by atoms with Gasteiger partial charge in [-0.3, -0.25) is 20.4 Å². The maximum absolute atomic E-state index is 12.9. The molecule has 2 aromatic rings.